The average molecular weight is 398 g/mol. The van der Waals surface area contributed by atoms with Crippen molar-refractivity contribution in [3.63, 3.8) is 0 Å². The van der Waals surface area contributed by atoms with Crippen LogP contribution < -0.4 is 11.1 Å². The summed E-state index contributed by atoms with van der Waals surface area (Å²) in [7, 11) is 1.68. The highest BCUT2D eigenvalue weighted by Gasteiger charge is 2.53. The first-order valence-corrected chi connectivity index (χ1v) is 9.55. The fourth-order valence-electron chi connectivity index (χ4n) is 4.27. The van der Waals surface area contributed by atoms with Gasteiger partial charge >= 0.3 is 0 Å². The molecule has 2 heterocycles. The van der Waals surface area contributed by atoms with Crippen LogP contribution in [0.5, 0.6) is 0 Å². The van der Waals surface area contributed by atoms with Gasteiger partial charge in [-0.2, -0.15) is 0 Å². The summed E-state index contributed by atoms with van der Waals surface area (Å²) < 4.78 is 26.1. The van der Waals surface area contributed by atoms with Crippen molar-refractivity contribution in [3.05, 3.63) is 77.5 Å². The van der Waals surface area contributed by atoms with E-state index in [1.54, 1.807) is 13.1 Å². The zero-order valence-corrected chi connectivity index (χ0v) is 16.1. The van der Waals surface area contributed by atoms with Crippen LogP contribution in [0.25, 0.3) is 5.57 Å². The molecule has 4 rings (SSSR count). The molecule has 0 amide bonds. The number of benzene rings is 1. The molecule has 0 bridgehead atoms. The number of aliphatic hydroxyl groups is 1. The third kappa shape index (κ3) is 3.25. The van der Waals surface area contributed by atoms with Gasteiger partial charge in [0.2, 0.25) is 0 Å². The maximum atomic E-state index is 13.0. The third-order valence-electron chi connectivity index (χ3n) is 5.91. The number of aliphatic hydroxyl groups excluding tert-OH is 1. The second-order valence-electron chi connectivity index (χ2n) is 7.50. The number of aliphatic imine (C=N–C) groups is 1. The Morgan fingerprint density at radius 1 is 1.24 bits per heavy atom. The number of rotatable bonds is 4. The molecule has 5 nitrogen and oxygen atoms in total. The van der Waals surface area contributed by atoms with Gasteiger partial charge in [0.15, 0.2) is 12.2 Å². The predicted octanol–water partition coefficient (Wildman–Crippen LogP) is 2.64. The first-order valence-electron chi connectivity index (χ1n) is 9.55. The van der Waals surface area contributed by atoms with Crippen LogP contribution >= 0.6 is 0 Å². The minimum absolute atomic E-state index is 0.134. The molecule has 0 radical (unpaired) electrons. The van der Waals surface area contributed by atoms with E-state index < -0.39 is 18.2 Å². The van der Waals surface area contributed by atoms with Crippen molar-refractivity contribution in [3.8, 4) is 0 Å². The molecule has 1 aliphatic carbocycles. The van der Waals surface area contributed by atoms with E-state index in [0.717, 1.165) is 16.7 Å². The second kappa shape index (κ2) is 7.48. The summed E-state index contributed by atoms with van der Waals surface area (Å²) in [6, 6.07) is 10.0. The van der Waals surface area contributed by atoms with Gasteiger partial charge < -0.3 is 21.1 Å². The van der Waals surface area contributed by atoms with Crippen molar-refractivity contribution in [1.82, 2.24) is 10.2 Å². The molecule has 152 valence electrons. The minimum Gasteiger partial charge on any atom is -0.380 e. The molecule has 7 heteroatoms. The van der Waals surface area contributed by atoms with Crippen molar-refractivity contribution < 1.29 is 13.9 Å². The van der Waals surface area contributed by atoms with Crippen molar-refractivity contribution in [2.75, 3.05) is 13.6 Å². The third-order valence-corrected chi connectivity index (χ3v) is 5.91. The second-order valence-corrected chi connectivity index (χ2v) is 7.50. The van der Waals surface area contributed by atoms with Gasteiger partial charge in [-0.1, -0.05) is 54.6 Å². The Kier molecular flexibility index (Phi) is 5.00. The molecule has 3 unspecified atom stereocenters. The van der Waals surface area contributed by atoms with Crippen LogP contribution in [0.15, 0.2) is 77.0 Å². The normalized spacial score (nSPS) is 29.2. The number of nitrogens with two attached hydrogens (primary N) is 1. The predicted molar refractivity (Wildman–Crippen MR) is 110 cm³/mol. The minimum atomic E-state index is -2.57. The van der Waals surface area contributed by atoms with E-state index in [1.807, 2.05) is 42.5 Å². The van der Waals surface area contributed by atoms with Gasteiger partial charge in [-0.05, 0) is 29.2 Å². The van der Waals surface area contributed by atoms with Crippen LogP contribution in [0.1, 0.15) is 12.0 Å². The summed E-state index contributed by atoms with van der Waals surface area (Å²) in [4.78, 5) is 6.22. The Morgan fingerprint density at radius 3 is 2.59 bits per heavy atom. The van der Waals surface area contributed by atoms with Crippen LogP contribution in [0.2, 0.25) is 0 Å². The summed E-state index contributed by atoms with van der Waals surface area (Å²) in [5.41, 5.74) is 7.84. The Morgan fingerprint density at radius 2 is 2.00 bits per heavy atom. The number of dihydropyridines is 1. The lowest BCUT2D eigenvalue weighted by molar-refractivity contribution is 0.0145. The van der Waals surface area contributed by atoms with Crippen LogP contribution in [-0.2, 0) is 0 Å². The number of alkyl halides is 2. The molecule has 0 aromatic heterocycles. The summed E-state index contributed by atoms with van der Waals surface area (Å²) in [6.45, 7) is 0.173. The number of hydrogen-bond acceptors (Lipinski definition) is 5. The van der Waals surface area contributed by atoms with Crippen molar-refractivity contribution >= 4 is 11.5 Å². The summed E-state index contributed by atoms with van der Waals surface area (Å²) >= 11 is 0. The molecule has 1 aromatic rings. The highest BCUT2D eigenvalue weighted by atomic mass is 19.3. The number of nitrogens with zero attached hydrogens (tertiary/aromatic N) is 2. The highest BCUT2D eigenvalue weighted by molar-refractivity contribution is 5.82. The molecule has 3 aliphatic rings. The fraction of sp³-hybridized carbons (Fsp3) is 0.318. The average Bonchev–Trinajstić information content (AvgIpc) is 2.99. The highest BCUT2D eigenvalue weighted by Crippen LogP contribution is 2.45. The van der Waals surface area contributed by atoms with E-state index in [-0.39, 0.29) is 24.1 Å². The van der Waals surface area contributed by atoms with Gasteiger partial charge in [0.05, 0.1) is 5.70 Å². The molecule has 0 saturated carbocycles. The van der Waals surface area contributed by atoms with E-state index in [4.69, 9.17) is 10.7 Å². The number of likely N-dealkylation sites (N-methyl/N-ethyl adjacent to an activating group) is 1. The smallest absolute Gasteiger partial charge is 0.277 e. The first kappa shape index (κ1) is 19.4. The van der Waals surface area contributed by atoms with Crippen molar-refractivity contribution in [2.24, 2.45) is 16.6 Å². The standard InChI is InChI=1S/C22H24F2N4O/c1-28-20(29)22(27-21(28)25,17-10-11-18(19(23)24)26-13-17)16-9-5-8-15(12-16)14-6-3-2-4-7-14/h2-11,16,19-20,26,29H,12-13H2,1H3,(H2,25,27). The molecule has 0 fully saturated rings. The summed E-state index contributed by atoms with van der Waals surface area (Å²) in [5.74, 6) is 0.0435. The molecule has 3 atom stereocenters. The Hall–Kier alpha value is -2.93. The van der Waals surface area contributed by atoms with Crippen LogP contribution in [0.4, 0.5) is 8.78 Å². The van der Waals surface area contributed by atoms with E-state index in [2.05, 4.69) is 11.4 Å². The summed E-state index contributed by atoms with van der Waals surface area (Å²) in [6.07, 6.45) is 6.11. The Bertz CT molecular complexity index is 935. The first-order chi connectivity index (χ1) is 13.9. The molecule has 4 N–H and O–H groups in total. The number of allylic oxidation sites excluding steroid dienone is 6. The summed E-state index contributed by atoms with van der Waals surface area (Å²) in [5, 5.41) is 13.9. The van der Waals surface area contributed by atoms with Crippen LogP contribution in [0.3, 0.4) is 0 Å². The number of hydrogen-bond donors (Lipinski definition) is 3. The molecule has 0 spiro atoms. The van der Waals surface area contributed by atoms with E-state index in [0.29, 0.717) is 6.42 Å². The largest absolute Gasteiger partial charge is 0.380 e. The monoisotopic (exact) mass is 398 g/mol. The molecule has 0 saturated heterocycles. The zero-order valence-electron chi connectivity index (χ0n) is 16.1. The molecule has 29 heavy (non-hydrogen) atoms. The maximum Gasteiger partial charge on any atom is 0.277 e. The van der Waals surface area contributed by atoms with Gasteiger partial charge in [-0.25, -0.2) is 13.8 Å². The molecular formula is C22H24F2N4O. The van der Waals surface area contributed by atoms with Gasteiger partial charge in [0, 0.05) is 19.5 Å². The van der Waals surface area contributed by atoms with E-state index in [9.17, 15) is 13.9 Å². The molecule has 2 aliphatic heterocycles. The van der Waals surface area contributed by atoms with Gasteiger partial charge in [-0.15, -0.1) is 0 Å². The topological polar surface area (TPSA) is 73.9 Å². The van der Waals surface area contributed by atoms with E-state index in [1.165, 1.54) is 11.0 Å². The lowest BCUT2D eigenvalue weighted by Gasteiger charge is -2.41. The maximum absolute atomic E-state index is 13.0. The van der Waals surface area contributed by atoms with Gasteiger partial charge in [0.25, 0.3) is 6.43 Å². The van der Waals surface area contributed by atoms with Crippen molar-refractivity contribution in [1.29, 1.82) is 0 Å². The van der Waals surface area contributed by atoms with E-state index >= 15 is 0 Å². The SMILES string of the molecule is CN1C(N)=NC(C2=CC=C(C(F)F)NC2)(C2C=CC=C(c3ccccc3)C2)C1O. The Labute approximate surface area is 168 Å². The van der Waals surface area contributed by atoms with Gasteiger partial charge in [0.1, 0.15) is 5.54 Å². The fourth-order valence-corrected chi connectivity index (χ4v) is 4.27. The lowest BCUT2D eigenvalue weighted by atomic mass is 9.71. The lowest BCUT2D eigenvalue weighted by Crippen LogP contribution is -2.53. The van der Waals surface area contributed by atoms with Crippen molar-refractivity contribution in [2.45, 2.75) is 24.6 Å². The zero-order chi connectivity index (χ0) is 20.6. The molecular weight excluding hydrogens is 374 g/mol. The van der Waals surface area contributed by atoms with Crippen LogP contribution in [-0.4, -0.2) is 47.8 Å². The van der Waals surface area contributed by atoms with Gasteiger partial charge in [-0.3, -0.25) is 0 Å². The molecule has 1 aromatic carbocycles. The number of halogens is 2. The number of guanidine groups is 1. The van der Waals surface area contributed by atoms with Crippen LogP contribution in [0, 0.1) is 5.92 Å². The number of nitrogens with one attached hydrogen (secondary N) is 1. The quantitative estimate of drug-likeness (QED) is 0.729. The Balaban J connectivity index is 1.74.